The van der Waals surface area contributed by atoms with Crippen molar-refractivity contribution in [2.24, 2.45) is 4.99 Å². The summed E-state index contributed by atoms with van der Waals surface area (Å²) in [5.74, 6) is 0.859. The molecule has 0 spiro atoms. The first-order valence-corrected chi connectivity index (χ1v) is 8.43. The molecule has 0 amide bonds. The third-order valence-corrected chi connectivity index (χ3v) is 4.51. The zero-order valence-corrected chi connectivity index (χ0v) is 14.1. The Labute approximate surface area is 148 Å². The molecule has 1 atom stereocenters. The van der Waals surface area contributed by atoms with Crippen LogP contribution in [0.5, 0.6) is 0 Å². The second kappa shape index (κ2) is 6.54. The van der Waals surface area contributed by atoms with Crippen LogP contribution in [0.25, 0.3) is 11.1 Å². The van der Waals surface area contributed by atoms with E-state index in [-0.39, 0.29) is 0 Å². The summed E-state index contributed by atoms with van der Waals surface area (Å²) in [7, 11) is 0. The van der Waals surface area contributed by atoms with Crippen LogP contribution in [0, 0.1) is 0 Å². The van der Waals surface area contributed by atoms with Gasteiger partial charge in [0, 0.05) is 11.1 Å². The monoisotopic (exact) mass is 328 g/mol. The first kappa shape index (κ1) is 15.6. The predicted molar refractivity (Wildman–Crippen MR) is 101 cm³/mol. The molecule has 0 saturated heterocycles. The lowest BCUT2D eigenvalue weighted by Crippen LogP contribution is -2.49. The van der Waals surface area contributed by atoms with Crippen LogP contribution >= 0.6 is 0 Å². The maximum absolute atomic E-state index is 6.07. The van der Waals surface area contributed by atoms with Crippen molar-refractivity contribution >= 4 is 5.84 Å². The summed E-state index contributed by atoms with van der Waals surface area (Å²) in [5.41, 5.74) is 3.86. The summed E-state index contributed by atoms with van der Waals surface area (Å²) in [6.07, 6.45) is 0. The minimum atomic E-state index is -0.640. The third kappa shape index (κ3) is 3.06. The highest BCUT2D eigenvalue weighted by molar-refractivity contribution is 5.99. The smallest absolute Gasteiger partial charge is 0.166 e. The van der Waals surface area contributed by atoms with E-state index in [4.69, 9.17) is 4.74 Å². The van der Waals surface area contributed by atoms with E-state index in [0.717, 1.165) is 22.5 Å². The molecule has 1 N–H and O–H groups in total. The largest absolute Gasteiger partial charge is 0.338 e. The second-order valence-corrected chi connectivity index (χ2v) is 6.22. The Morgan fingerprint density at radius 2 is 1.40 bits per heavy atom. The molecule has 3 aromatic carbocycles. The van der Waals surface area contributed by atoms with E-state index >= 15 is 0 Å². The fraction of sp³-hybridized carbons (Fsp3) is 0.136. The van der Waals surface area contributed by atoms with E-state index in [2.05, 4.69) is 71.8 Å². The molecule has 0 saturated carbocycles. The number of rotatable bonds is 3. The first-order chi connectivity index (χ1) is 12.3. The van der Waals surface area contributed by atoms with Crippen LogP contribution in [0.3, 0.4) is 0 Å². The highest BCUT2D eigenvalue weighted by atomic mass is 16.5. The number of nitrogens with zero attached hydrogens (tertiary/aromatic N) is 1. The van der Waals surface area contributed by atoms with Crippen molar-refractivity contribution in [3.63, 3.8) is 0 Å². The Morgan fingerprint density at radius 3 is 2.12 bits per heavy atom. The molecule has 1 aliphatic heterocycles. The second-order valence-electron chi connectivity index (χ2n) is 6.22. The van der Waals surface area contributed by atoms with Crippen molar-refractivity contribution in [1.82, 2.24) is 5.32 Å². The van der Waals surface area contributed by atoms with E-state index in [1.165, 1.54) is 5.56 Å². The summed E-state index contributed by atoms with van der Waals surface area (Å²) >= 11 is 0. The van der Waals surface area contributed by atoms with Gasteiger partial charge >= 0.3 is 0 Å². The maximum atomic E-state index is 6.07. The summed E-state index contributed by atoms with van der Waals surface area (Å²) in [6.45, 7) is 2.39. The Balaban J connectivity index is 1.74. The van der Waals surface area contributed by atoms with Crippen LogP contribution in [-0.4, -0.2) is 12.6 Å². The fourth-order valence-electron chi connectivity index (χ4n) is 3.20. The van der Waals surface area contributed by atoms with E-state index in [1.807, 2.05) is 30.3 Å². The van der Waals surface area contributed by atoms with Gasteiger partial charge in [-0.05, 0) is 18.1 Å². The van der Waals surface area contributed by atoms with Crippen molar-refractivity contribution in [2.45, 2.75) is 12.6 Å². The molecule has 3 heteroatoms. The molecule has 0 bridgehead atoms. The van der Waals surface area contributed by atoms with E-state index in [9.17, 15) is 0 Å². The molecule has 0 aromatic heterocycles. The molecule has 1 aliphatic rings. The number of ether oxygens (including phenoxy) is 1. The van der Waals surface area contributed by atoms with Gasteiger partial charge in [0.25, 0.3) is 0 Å². The van der Waals surface area contributed by atoms with Crippen LogP contribution in [0.15, 0.2) is 89.9 Å². The molecule has 0 aliphatic carbocycles. The molecular formula is C22H20N2O. The molecule has 3 nitrogen and oxygen atoms in total. The van der Waals surface area contributed by atoms with Crippen molar-refractivity contribution in [1.29, 1.82) is 0 Å². The Hall–Kier alpha value is -2.91. The van der Waals surface area contributed by atoms with Gasteiger partial charge in [0.1, 0.15) is 12.6 Å². The van der Waals surface area contributed by atoms with Crippen LogP contribution in [0.1, 0.15) is 18.1 Å². The van der Waals surface area contributed by atoms with Crippen molar-refractivity contribution in [3.8, 4) is 11.1 Å². The molecule has 3 aromatic rings. The highest BCUT2D eigenvalue weighted by Crippen LogP contribution is 2.34. The lowest BCUT2D eigenvalue weighted by Gasteiger charge is -2.37. The van der Waals surface area contributed by atoms with Gasteiger partial charge < -0.3 is 10.1 Å². The minimum Gasteiger partial charge on any atom is -0.338 e. The fourth-order valence-corrected chi connectivity index (χ4v) is 3.20. The normalized spacial score (nSPS) is 19.8. The molecule has 1 unspecified atom stereocenters. The van der Waals surface area contributed by atoms with Gasteiger partial charge in [0.05, 0.1) is 0 Å². The summed E-state index contributed by atoms with van der Waals surface area (Å²) in [6, 6.07) is 28.9. The topological polar surface area (TPSA) is 33.6 Å². The zero-order chi connectivity index (χ0) is 17.1. The third-order valence-electron chi connectivity index (χ3n) is 4.51. The summed E-state index contributed by atoms with van der Waals surface area (Å²) in [5, 5.41) is 3.50. The van der Waals surface area contributed by atoms with Gasteiger partial charge in [0.2, 0.25) is 0 Å². The van der Waals surface area contributed by atoms with Crippen LogP contribution in [0.4, 0.5) is 0 Å². The molecule has 1 heterocycles. The zero-order valence-electron chi connectivity index (χ0n) is 14.1. The van der Waals surface area contributed by atoms with Gasteiger partial charge in [-0.2, -0.15) is 0 Å². The molecule has 0 fully saturated rings. The summed E-state index contributed by atoms with van der Waals surface area (Å²) < 4.78 is 6.07. The first-order valence-electron chi connectivity index (χ1n) is 8.43. The number of hydrogen-bond donors (Lipinski definition) is 1. The van der Waals surface area contributed by atoms with Gasteiger partial charge in [-0.25, -0.2) is 4.99 Å². The number of amidine groups is 1. The van der Waals surface area contributed by atoms with Crippen molar-refractivity contribution in [2.75, 3.05) is 6.73 Å². The molecule has 0 radical (unpaired) electrons. The lowest BCUT2D eigenvalue weighted by atomic mass is 9.92. The van der Waals surface area contributed by atoms with Crippen molar-refractivity contribution < 1.29 is 4.74 Å². The molecule has 25 heavy (non-hydrogen) atoms. The number of aliphatic imine (C=N–C) groups is 1. The minimum absolute atomic E-state index is 0.330. The highest BCUT2D eigenvalue weighted by Gasteiger charge is 2.33. The Morgan fingerprint density at radius 1 is 0.800 bits per heavy atom. The Kier molecular flexibility index (Phi) is 4.08. The lowest BCUT2D eigenvalue weighted by molar-refractivity contribution is -0.0534. The SMILES string of the molecule is CC1(c2ccccc2-c2ccccc2)NC(c2ccccc2)=NCO1. The van der Waals surface area contributed by atoms with Gasteiger partial charge in [-0.3, -0.25) is 0 Å². The van der Waals surface area contributed by atoms with Crippen LogP contribution in [0.2, 0.25) is 0 Å². The summed E-state index contributed by atoms with van der Waals surface area (Å²) in [4.78, 5) is 4.51. The van der Waals surface area contributed by atoms with E-state index in [0.29, 0.717) is 6.73 Å². The number of nitrogens with one attached hydrogen (secondary N) is 1. The average Bonchev–Trinajstić information content (AvgIpc) is 2.69. The van der Waals surface area contributed by atoms with Gasteiger partial charge in [-0.1, -0.05) is 84.9 Å². The average molecular weight is 328 g/mol. The van der Waals surface area contributed by atoms with Crippen molar-refractivity contribution in [3.05, 3.63) is 96.1 Å². The van der Waals surface area contributed by atoms with E-state index in [1.54, 1.807) is 0 Å². The van der Waals surface area contributed by atoms with Gasteiger partial charge in [-0.15, -0.1) is 0 Å². The number of hydrogen-bond acceptors (Lipinski definition) is 3. The predicted octanol–water partition coefficient (Wildman–Crippen LogP) is 4.55. The van der Waals surface area contributed by atoms with Gasteiger partial charge in [0.15, 0.2) is 5.72 Å². The quantitative estimate of drug-likeness (QED) is 0.765. The number of benzene rings is 3. The maximum Gasteiger partial charge on any atom is 0.166 e. The van der Waals surface area contributed by atoms with Crippen LogP contribution < -0.4 is 5.32 Å². The van der Waals surface area contributed by atoms with Crippen LogP contribution in [-0.2, 0) is 10.5 Å². The molecule has 124 valence electrons. The Bertz CT molecular complexity index is 890. The standard InChI is InChI=1S/C22H20N2O/c1-22(24-21(23-16-25-22)18-12-6-3-7-13-18)20-15-9-8-14-19(20)17-10-4-2-5-11-17/h2-15H,16H2,1H3,(H,23,24). The molecule has 4 rings (SSSR count). The van der Waals surface area contributed by atoms with E-state index < -0.39 is 5.72 Å². The molecular weight excluding hydrogens is 308 g/mol.